The van der Waals surface area contributed by atoms with Crippen molar-refractivity contribution >= 4 is 11.6 Å². The van der Waals surface area contributed by atoms with E-state index in [0.717, 1.165) is 31.4 Å². The maximum atomic E-state index is 9.19. The molecule has 0 aliphatic carbocycles. The van der Waals surface area contributed by atoms with Crippen LogP contribution < -0.4 is 0 Å². The lowest BCUT2D eigenvalue weighted by atomic mass is 10.1. The van der Waals surface area contributed by atoms with Gasteiger partial charge < -0.3 is 14.6 Å². The molecule has 0 bridgehead atoms. The van der Waals surface area contributed by atoms with E-state index < -0.39 is 0 Å². The number of hydrogen-bond donors (Lipinski definition) is 1. The second kappa shape index (κ2) is 6.31. The number of aliphatic hydroxyl groups is 1. The second-order valence-corrected chi connectivity index (χ2v) is 4.43. The Morgan fingerprint density at radius 1 is 1.47 bits per heavy atom. The largest absolute Gasteiger partial charge is 0.392 e. The summed E-state index contributed by atoms with van der Waals surface area (Å²) in [4.78, 5) is 3.93. The molecule has 1 saturated heterocycles. The Bertz CT molecular complexity index is 367. The summed E-state index contributed by atoms with van der Waals surface area (Å²) < 4.78 is 11.1. The van der Waals surface area contributed by atoms with Crippen LogP contribution in [0.5, 0.6) is 0 Å². The number of aromatic nitrogens is 1. The van der Waals surface area contributed by atoms with Gasteiger partial charge >= 0.3 is 0 Å². The summed E-state index contributed by atoms with van der Waals surface area (Å²) in [5.74, 6) is 0. The first kappa shape index (κ1) is 12.8. The van der Waals surface area contributed by atoms with Crippen LogP contribution in [-0.4, -0.2) is 23.0 Å². The van der Waals surface area contributed by atoms with Crippen LogP contribution in [0, 0.1) is 0 Å². The molecule has 1 aromatic heterocycles. The van der Waals surface area contributed by atoms with E-state index in [-0.39, 0.29) is 12.9 Å². The first-order valence-electron chi connectivity index (χ1n) is 5.76. The van der Waals surface area contributed by atoms with Crippen molar-refractivity contribution in [2.45, 2.75) is 38.8 Å². The van der Waals surface area contributed by atoms with Gasteiger partial charge in [-0.2, -0.15) is 0 Å². The van der Waals surface area contributed by atoms with Crippen LogP contribution >= 0.6 is 11.6 Å². The van der Waals surface area contributed by atoms with Gasteiger partial charge in [-0.15, -0.1) is 0 Å². The number of ether oxygens (including phenoxy) is 2. The molecule has 2 rings (SSSR count). The molecule has 0 aromatic carbocycles. The lowest BCUT2D eigenvalue weighted by Gasteiger charge is -2.23. The van der Waals surface area contributed by atoms with Gasteiger partial charge in [0.05, 0.1) is 18.2 Å². The Kier molecular flexibility index (Phi) is 4.74. The molecule has 1 aromatic rings. The van der Waals surface area contributed by atoms with Crippen molar-refractivity contribution in [2.75, 3.05) is 6.61 Å². The van der Waals surface area contributed by atoms with Crippen LogP contribution in [0.25, 0.3) is 0 Å². The van der Waals surface area contributed by atoms with Gasteiger partial charge in [0.2, 0.25) is 0 Å². The predicted molar refractivity (Wildman–Crippen MR) is 63.5 cm³/mol. The van der Waals surface area contributed by atoms with Gasteiger partial charge in [0.1, 0.15) is 0 Å². The Balaban J connectivity index is 1.97. The van der Waals surface area contributed by atoms with E-state index in [1.807, 2.05) is 0 Å². The molecule has 1 N–H and O–H groups in total. The van der Waals surface area contributed by atoms with Gasteiger partial charge in [-0.1, -0.05) is 11.6 Å². The summed E-state index contributed by atoms with van der Waals surface area (Å²) >= 11 is 6.03. The van der Waals surface area contributed by atoms with Crippen molar-refractivity contribution < 1.29 is 14.6 Å². The van der Waals surface area contributed by atoms with Crippen molar-refractivity contribution in [3.8, 4) is 0 Å². The van der Waals surface area contributed by atoms with Crippen molar-refractivity contribution in [2.24, 2.45) is 0 Å². The quantitative estimate of drug-likeness (QED) is 0.899. The van der Waals surface area contributed by atoms with Crippen LogP contribution in [0.2, 0.25) is 5.02 Å². The zero-order valence-corrected chi connectivity index (χ0v) is 10.3. The fourth-order valence-electron chi connectivity index (χ4n) is 1.82. The molecule has 17 heavy (non-hydrogen) atoms. The Morgan fingerprint density at radius 2 is 2.35 bits per heavy atom. The smallest absolute Gasteiger partial charge is 0.158 e. The minimum absolute atomic E-state index is 0.0855. The Morgan fingerprint density at radius 3 is 3.06 bits per heavy atom. The molecule has 5 heteroatoms. The van der Waals surface area contributed by atoms with Gasteiger partial charge in [-0.05, 0) is 19.3 Å². The molecule has 1 aliphatic rings. The highest BCUT2D eigenvalue weighted by molar-refractivity contribution is 6.31. The van der Waals surface area contributed by atoms with E-state index in [0.29, 0.717) is 17.2 Å². The minimum Gasteiger partial charge on any atom is -0.392 e. The van der Waals surface area contributed by atoms with E-state index in [1.54, 1.807) is 12.4 Å². The third-order valence-corrected chi connectivity index (χ3v) is 3.14. The lowest BCUT2D eigenvalue weighted by molar-refractivity contribution is -0.169. The Labute approximate surface area is 106 Å². The van der Waals surface area contributed by atoms with Gasteiger partial charge in [0, 0.05) is 30.1 Å². The van der Waals surface area contributed by atoms with Crippen LogP contribution in [0.3, 0.4) is 0 Å². The number of nitrogens with zero attached hydrogens (tertiary/aromatic N) is 1. The third-order valence-electron chi connectivity index (χ3n) is 2.82. The van der Waals surface area contributed by atoms with Crippen molar-refractivity contribution in [3.63, 3.8) is 0 Å². The van der Waals surface area contributed by atoms with Crippen LogP contribution in [-0.2, 0) is 22.7 Å². The molecule has 1 fully saturated rings. The lowest BCUT2D eigenvalue weighted by Crippen LogP contribution is -2.22. The Hall–Kier alpha value is -0.680. The highest BCUT2D eigenvalue weighted by Crippen LogP contribution is 2.22. The van der Waals surface area contributed by atoms with E-state index in [4.69, 9.17) is 21.1 Å². The van der Waals surface area contributed by atoms with E-state index in [2.05, 4.69) is 4.98 Å². The van der Waals surface area contributed by atoms with Crippen molar-refractivity contribution in [1.29, 1.82) is 0 Å². The summed E-state index contributed by atoms with van der Waals surface area (Å²) in [5, 5.41) is 9.72. The number of halogens is 1. The number of rotatable bonds is 4. The summed E-state index contributed by atoms with van der Waals surface area (Å²) in [6, 6.07) is 0. The zero-order valence-electron chi connectivity index (χ0n) is 9.56. The van der Waals surface area contributed by atoms with Crippen molar-refractivity contribution in [1.82, 2.24) is 4.98 Å². The molecule has 1 aliphatic heterocycles. The summed E-state index contributed by atoms with van der Waals surface area (Å²) in [6.07, 6.45) is 6.14. The third kappa shape index (κ3) is 3.39. The van der Waals surface area contributed by atoms with Gasteiger partial charge in [0.15, 0.2) is 6.29 Å². The highest BCUT2D eigenvalue weighted by atomic mass is 35.5. The SMILES string of the molecule is OCc1cncc(Cl)c1COC1CCCCO1. The standard InChI is InChI=1S/C12H16ClNO3/c13-11-6-14-5-9(7-15)10(11)8-17-12-3-1-2-4-16-12/h5-6,12,15H,1-4,7-8H2. The van der Waals surface area contributed by atoms with E-state index in [1.165, 1.54) is 0 Å². The zero-order chi connectivity index (χ0) is 12.1. The fraction of sp³-hybridized carbons (Fsp3) is 0.583. The van der Waals surface area contributed by atoms with Gasteiger partial charge in [-0.25, -0.2) is 0 Å². The number of aliphatic hydroxyl groups excluding tert-OH is 1. The fourth-order valence-corrected chi connectivity index (χ4v) is 2.05. The van der Waals surface area contributed by atoms with E-state index >= 15 is 0 Å². The van der Waals surface area contributed by atoms with Crippen molar-refractivity contribution in [3.05, 3.63) is 28.5 Å². The van der Waals surface area contributed by atoms with Gasteiger partial charge in [0.25, 0.3) is 0 Å². The molecule has 2 heterocycles. The summed E-state index contributed by atoms with van der Waals surface area (Å²) in [5.41, 5.74) is 1.49. The first-order valence-corrected chi connectivity index (χ1v) is 6.14. The summed E-state index contributed by atoms with van der Waals surface area (Å²) in [6.45, 7) is 1.02. The molecular weight excluding hydrogens is 242 g/mol. The molecule has 94 valence electrons. The predicted octanol–water partition coefficient (Wildman–Crippen LogP) is 2.27. The van der Waals surface area contributed by atoms with Crippen LogP contribution in [0.1, 0.15) is 30.4 Å². The maximum Gasteiger partial charge on any atom is 0.158 e. The van der Waals surface area contributed by atoms with Gasteiger partial charge in [-0.3, -0.25) is 4.98 Å². The number of hydrogen-bond acceptors (Lipinski definition) is 4. The molecular formula is C12H16ClNO3. The summed E-state index contributed by atoms with van der Waals surface area (Å²) in [7, 11) is 0. The van der Waals surface area contributed by atoms with Crippen LogP contribution in [0.4, 0.5) is 0 Å². The molecule has 1 unspecified atom stereocenters. The topological polar surface area (TPSA) is 51.6 Å². The molecule has 1 atom stereocenters. The normalized spacial score (nSPS) is 20.5. The van der Waals surface area contributed by atoms with E-state index in [9.17, 15) is 5.11 Å². The molecule has 0 saturated carbocycles. The van der Waals surface area contributed by atoms with Crippen LogP contribution in [0.15, 0.2) is 12.4 Å². The maximum absolute atomic E-state index is 9.19. The average molecular weight is 258 g/mol. The molecule has 0 amide bonds. The molecule has 0 spiro atoms. The molecule has 0 radical (unpaired) electrons. The second-order valence-electron chi connectivity index (χ2n) is 4.02. The minimum atomic E-state index is -0.153. The number of pyridine rings is 1. The average Bonchev–Trinajstić information content (AvgIpc) is 2.38. The highest BCUT2D eigenvalue weighted by Gasteiger charge is 2.16. The molecule has 4 nitrogen and oxygen atoms in total. The monoisotopic (exact) mass is 257 g/mol. The first-order chi connectivity index (χ1) is 8.31.